The fourth-order valence-electron chi connectivity index (χ4n) is 1.64. The highest BCUT2D eigenvalue weighted by Crippen LogP contribution is 2.41. The average Bonchev–Trinajstić information content (AvgIpc) is 2.91. The second-order valence-electron chi connectivity index (χ2n) is 3.98. The second kappa shape index (κ2) is 3.24. The van der Waals surface area contributed by atoms with Gasteiger partial charge in [-0.2, -0.15) is 8.78 Å². The summed E-state index contributed by atoms with van der Waals surface area (Å²) in [5, 5.41) is 1.96. The number of hydrogen-bond acceptors (Lipinski definition) is 3. The number of ether oxygens (including phenoxy) is 1. The molecule has 2 atom stereocenters. The van der Waals surface area contributed by atoms with Crippen LogP contribution in [0.15, 0.2) is 0 Å². The number of halogens is 2. The molecule has 0 amide bonds. The van der Waals surface area contributed by atoms with E-state index in [0.29, 0.717) is 0 Å². The molecule has 1 saturated carbocycles. The van der Waals surface area contributed by atoms with Gasteiger partial charge in [-0.05, 0) is 25.7 Å². The van der Waals surface area contributed by atoms with E-state index in [1.165, 1.54) is 6.92 Å². The van der Waals surface area contributed by atoms with Gasteiger partial charge in [-0.1, -0.05) is 0 Å². The minimum atomic E-state index is -3.07. The zero-order valence-electron chi connectivity index (χ0n) is 7.93. The SMILES string of the molecule is CC1OC(C2CC2)C(F)(F)NCC1=O. The van der Waals surface area contributed by atoms with Gasteiger partial charge in [0.25, 0.3) is 0 Å². The molecular formula is C9H13F2NO2. The van der Waals surface area contributed by atoms with Crippen LogP contribution in [0.2, 0.25) is 0 Å². The zero-order valence-corrected chi connectivity index (χ0v) is 7.93. The van der Waals surface area contributed by atoms with E-state index in [9.17, 15) is 13.6 Å². The molecule has 1 saturated heterocycles. The smallest absolute Gasteiger partial charge is 0.329 e. The highest BCUT2D eigenvalue weighted by Gasteiger charge is 2.52. The summed E-state index contributed by atoms with van der Waals surface area (Å²) in [5.74, 6) is -0.404. The Kier molecular flexibility index (Phi) is 2.31. The number of nitrogens with one attached hydrogen (secondary N) is 1. The Morgan fingerprint density at radius 1 is 1.50 bits per heavy atom. The van der Waals surface area contributed by atoms with Crippen molar-refractivity contribution >= 4 is 5.78 Å². The third-order valence-electron chi connectivity index (χ3n) is 2.71. The molecule has 0 radical (unpaired) electrons. The molecule has 2 unspecified atom stereocenters. The molecule has 1 aliphatic carbocycles. The van der Waals surface area contributed by atoms with Crippen molar-refractivity contribution in [3.8, 4) is 0 Å². The van der Waals surface area contributed by atoms with Gasteiger partial charge in [0.1, 0.15) is 12.2 Å². The summed E-state index contributed by atoms with van der Waals surface area (Å²) in [6.07, 6.45) is -0.323. The molecule has 0 aromatic heterocycles. The van der Waals surface area contributed by atoms with Gasteiger partial charge < -0.3 is 4.74 Å². The molecule has 1 aliphatic heterocycles. The van der Waals surface area contributed by atoms with Crippen molar-refractivity contribution in [2.45, 2.75) is 38.0 Å². The van der Waals surface area contributed by atoms with Crippen LogP contribution in [0.5, 0.6) is 0 Å². The Morgan fingerprint density at radius 2 is 2.14 bits per heavy atom. The van der Waals surface area contributed by atoms with Crippen molar-refractivity contribution < 1.29 is 18.3 Å². The quantitative estimate of drug-likeness (QED) is 0.647. The summed E-state index contributed by atoms with van der Waals surface area (Å²) in [5.41, 5.74) is 0. The molecule has 0 spiro atoms. The van der Waals surface area contributed by atoms with Gasteiger partial charge in [-0.15, -0.1) is 0 Å². The highest BCUT2D eigenvalue weighted by molar-refractivity contribution is 5.84. The fourth-order valence-corrected chi connectivity index (χ4v) is 1.64. The van der Waals surface area contributed by atoms with Crippen LogP contribution in [0.4, 0.5) is 8.78 Å². The van der Waals surface area contributed by atoms with Crippen LogP contribution >= 0.6 is 0 Å². The van der Waals surface area contributed by atoms with Crippen LogP contribution in [-0.4, -0.2) is 30.6 Å². The van der Waals surface area contributed by atoms with E-state index < -0.39 is 18.3 Å². The summed E-state index contributed by atoms with van der Waals surface area (Å²) >= 11 is 0. The number of Topliss-reactive ketones (excluding diaryl/α,β-unsaturated/α-hetero) is 1. The van der Waals surface area contributed by atoms with E-state index in [0.717, 1.165) is 12.8 Å². The number of alkyl halides is 2. The molecule has 14 heavy (non-hydrogen) atoms. The van der Waals surface area contributed by atoms with Crippen LogP contribution < -0.4 is 5.32 Å². The lowest BCUT2D eigenvalue weighted by atomic mass is 10.2. The van der Waals surface area contributed by atoms with Crippen molar-refractivity contribution in [2.24, 2.45) is 5.92 Å². The second-order valence-corrected chi connectivity index (χ2v) is 3.98. The maximum Gasteiger partial charge on any atom is 0.329 e. The molecule has 0 aromatic carbocycles. The van der Waals surface area contributed by atoms with Gasteiger partial charge in [0.05, 0.1) is 6.54 Å². The molecule has 5 heteroatoms. The topological polar surface area (TPSA) is 38.3 Å². The Balaban J connectivity index is 2.14. The summed E-state index contributed by atoms with van der Waals surface area (Å²) in [6.45, 7) is 1.22. The van der Waals surface area contributed by atoms with Gasteiger partial charge >= 0.3 is 6.05 Å². The predicted molar refractivity (Wildman–Crippen MR) is 45.0 cm³/mol. The number of ketones is 1. The molecule has 0 aromatic rings. The van der Waals surface area contributed by atoms with Gasteiger partial charge in [0.2, 0.25) is 0 Å². The molecule has 80 valence electrons. The number of carbonyl (C=O) groups excluding carboxylic acids is 1. The largest absolute Gasteiger partial charge is 0.359 e. The van der Waals surface area contributed by atoms with E-state index in [1.807, 2.05) is 5.32 Å². The molecule has 0 bridgehead atoms. The van der Waals surface area contributed by atoms with Crippen LogP contribution in [0.3, 0.4) is 0 Å². The Bertz CT molecular complexity index is 253. The first-order valence-corrected chi connectivity index (χ1v) is 4.82. The lowest BCUT2D eigenvalue weighted by Crippen LogP contribution is -2.48. The van der Waals surface area contributed by atoms with Gasteiger partial charge in [0, 0.05) is 0 Å². The predicted octanol–water partition coefficient (Wildman–Crippen LogP) is 0.935. The monoisotopic (exact) mass is 205 g/mol. The lowest BCUT2D eigenvalue weighted by molar-refractivity contribution is -0.168. The minimum Gasteiger partial charge on any atom is -0.359 e. The van der Waals surface area contributed by atoms with Crippen molar-refractivity contribution in [3.05, 3.63) is 0 Å². The summed E-state index contributed by atoms with van der Waals surface area (Å²) < 4.78 is 31.9. The number of rotatable bonds is 1. The molecule has 2 rings (SSSR count). The molecular weight excluding hydrogens is 192 g/mol. The Hall–Kier alpha value is -0.550. The van der Waals surface area contributed by atoms with Crippen LogP contribution in [0.1, 0.15) is 19.8 Å². The summed E-state index contributed by atoms with van der Waals surface area (Å²) in [4.78, 5) is 11.2. The summed E-state index contributed by atoms with van der Waals surface area (Å²) in [7, 11) is 0. The Labute approximate surface area is 80.8 Å². The van der Waals surface area contributed by atoms with Crippen LogP contribution in [0, 0.1) is 5.92 Å². The average molecular weight is 205 g/mol. The molecule has 3 nitrogen and oxygen atoms in total. The molecule has 1 N–H and O–H groups in total. The standard InChI is InChI=1S/C9H13F2NO2/c1-5-7(13)4-12-9(10,11)8(14-5)6-2-3-6/h5-6,8,12H,2-4H2,1H3. The van der Waals surface area contributed by atoms with Crippen LogP contribution in [0.25, 0.3) is 0 Å². The number of carbonyl (C=O) groups is 1. The van der Waals surface area contributed by atoms with E-state index in [-0.39, 0.29) is 18.2 Å². The minimum absolute atomic E-state index is 0.0918. The first-order valence-electron chi connectivity index (χ1n) is 4.82. The van der Waals surface area contributed by atoms with E-state index in [2.05, 4.69) is 0 Å². The van der Waals surface area contributed by atoms with E-state index in [1.54, 1.807) is 0 Å². The third-order valence-corrected chi connectivity index (χ3v) is 2.71. The van der Waals surface area contributed by atoms with Crippen molar-refractivity contribution in [3.63, 3.8) is 0 Å². The van der Waals surface area contributed by atoms with Gasteiger partial charge in [-0.3, -0.25) is 4.79 Å². The normalized spacial score (nSPS) is 38.1. The first-order chi connectivity index (χ1) is 6.50. The van der Waals surface area contributed by atoms with E-state index >= 15 is 0 Å². The van der Waals surface area contributed by atoms with Crippen molar-refractivity contribution in [1.29, 1.82) is 0 Å². The first kappa shape index (κ1) is 9.98. The summed E-state index contributed by atoms with van der Waals surface area (Å²) in [6, 6.07) is -3.07. The van der Waals surface area contributed by atoms with Crippen molar-refractivity contribution in [1.82, 2.24) is 5.32 Å². The third kappa shape index (κ3) is 1.79. The van der Waals surface area contributed by atoms with Gasteiger partial charge in [-0.25, -0.2) is 5.32 Å². The van der Waals surface area contributed by atoms with Crippen molar-refractivity contribution in [2.75, 3.05) is 6.54 Å². The highest BCUT2D eigenvalue weighted by atomic mass is 19.3. The number of hydrogen-bond donors (Lipinski definition) is 1. The lowest BCUT2D eigenvalue weighted by Gasteiger charge is -2.25. The maximum atomic E-state index is 13.4. The zero-order chi connectivity index (χ0) is 10.3. The molecule has 1 heterocycles. The fraction of sp³-hybridized carbons (Fsp3) is 0.889. The van der Waals surface area contributed by atoms with Gasteiger partial charge in [0.15, 0.2) is 5.78 Å². The molecule has 2 fully saturated rings. The van der Waals surface area contributed by atoms with Crippen LogP contribution in [-0.2, 0) is 9.53 Å². The molecule has 2 aliphatic rings. The maximum absolute atomic E-state index is 13.4. The Morgan fingerprint density at radius 3 is 2.71 bits per heavy atom. The van der Waals surface area contributed by atoms with E-state index in [4.69, 9.17) is 4.74 Å².